The first kappa shape index (κ1) is 24.3. The molecule has 2 aliphatic heterocycles. The number of benzene rings is 3. The number of likely N-dealkylation sites (tertiary alicyclic amines) is 1. The molecule has 0 bridgehead atoms. The van der Waals surface area contributed by atoms with Crippen LogP contribution >= 0.6 is 11.8 Å². The first-order valence-electron chi connectivity index (χ1n) is 12.5. The Morgan fingerprint density at radius 3 is 2.58 bits per heavy atom. The van der Waals surface area contributed by atoms with Gasteiger partial charge in [0.05, 0.1) is 17.1 Å². The molecule has 1 N–H and O–H groups in total. The molecule has 36 heavy (non-hydrogen) atoms. The lowest BCUT2D eigenvalue weighted by molar-refractivity contribution is -0.114. The molecule has 2 heterocycles. The van der Waals surface area contributed by atoms with Crippen LogP contribution in [0.25, 0.3) is 6.08 Å². The molecule has 1 fully saturated rings. The quantitative estimate of drug-likeness (QED) is 0.438. The minimum atomic E-state index is -0.101. The summed E-state index contributed by atoms with van der Waals surface area (Å²) in [5, 5.41) is 3.06. The van der Waals surface area contributed by atoms with Crippen LogP contribution in [-0.4, -0.2) is 42.9 Å². The van der Waals surface area contributed by atoms with Crippen molar-refractivity contribution in [2.75, 3.05) is 31.1 Å². The molecule has 2 amide bonds. The highest BCUT2D eigenvalue weighted by atomic mass is 32.2. The van der Waals surface area contributed by atoms with E-state index in [4.69, 9.17) is 0 Å². The van der Waals surface area contributed by atoms with E-state index in [2.05, 4.69) is 29.3 Å². The molecule has 3 aromatic carbocycles. The minimum absolute atomic E-state index is 0.0514. The molecular weight excluding hydrogens is 466 g/mol. The summed E-state index contributed by atoms with van der Waals surface area (Å²) in [6.07, 6.45) is 4.42. The zero-order chi connectivity index (χ0) is 24.9. The van der Waals surface area contributed by atoms with Gasteiger partial charge < -0.3 is 15.1 Å². The smallest absolute Gasteiger partial charge is 0.265 e. The second kappa shape index (κ2) is 11.1. The number of nitrogens with one attached hydrogen (secondary N) is 1. The van der Waals surface area contributed by atoms with E-state index >= 15 is 0 Å². The van der Waals surface area contributed by atoms with Crippen molar-refractivity contribution in [3.05, 3.63) is 100.0 Å². The molecule has 2 aliphatic rings. The Bertz CT molecular complexity index is 1280. The topological polar surface area (TPSA) is 52.7 Å². The number of carbonyl (C=O) groups excluding carboxylic acids is 2. The Labute approximate surface area is 217 Å². The largest absolute Gasteiger partial charge is 0.351 e. The van der Waals surface area contributed by atoms with E-state index in [1.807, 2.05) is 66.7 Å². The van der Waals surface area contributed by atoms with Crippen LogP contribution in [0, 0.1) is 6.92 Å². The Hall–Kier alpha value is -3.35. The van der Waals surface area contributed by atoms with Crippen LogP contribution in [-0.2, 0) is 11.3 Å². The molecule has 1 saturated heterocycles. The molecule has 0 spiro atoms. The number of aryl methyl sites for hydroxylation is 1. The van der Waals surface area contributed by atoms with Gasteiger partial charge in [0.1, 0.15) is 0 Å². The van der Waals surface area contributed by atoms with Gasteiger partial charge in [-0.05, 0) is 68.3 Å². The summed E-state index contributed by atoms with van der Waals surface area (Å²) in [7, 11) is 0. The van der Waals surface area contributed by atoms with Gasteiger partial charge in [0.2, 0.25) is 0 Å². The first-order valence-corrected chi connectivity index (χ1v) is 13.3. The highest BCUT2D eigenvalue weighted by Gasteiger charge is 2.30. The number of hydrogen-bond donors (Lipinski definition) is 1. The maximum Gasteiger partial charge on any atom is 0.265 e. The first-order chi connectivity index (χ1) is 17.6. The number of fused-ring (bicyclic) bond motifs is 1. The van der Waals surface area contributed by atoms with Gasteiger partial charge >= 0.3 is 0 Å². The predicted molar refractivity (Wildman–Crippen MR) is 147 cm³/mol. The van der Waals surface area contributed by atoms with Gasteiger partial charge in [0.25, 0.3) is 11.8 Å². The van der Waals surface area contributed by atoms with E-state index in [0.717, 1.165) is 46.9 Å². The lowest BCUT2D eigenvalue weighted by Crippen LogP contribution is -2.35. The predicted octanol–water partition coefficient (Wildman–Crippen LogP) is 5.50. The standard InChI is InChI=1S/C30H31N3O2S/c1-22-8-7-11-24(18-22)21-33-26-20-25(29(34)31-14-17-32-15-5-6-16-32)12-13-27(26)36-28(30(33)35)19-23-9-3-2-4-10-23/h2-4,7-13,18-20H,5-6,14-17,21H2,1H3,(H,31,34). The van der Waals surface area contributed by atoms with Crippen LogP contribution in [0.1, 0.15) is 39.9 Å². The van der Waals surface area contributed by atoms with Crippen LogP contribution < -0.4 is 10.2 Å². The molecular formula is C30H31N3O2S. The highest BCUT2D eigenvalue weighted by molar-refractivity contribution is 8.04. The van der Waals surface area contributed by atoms with Crippen LogP contribution in [0.4, 0.5) is 5.69 Å². The Morgan fingerprint density at radius 1 is 1.00 bits per heavy atom. The zero-order valence-electron chi connectivity index (χ0n) is 20.6. The van der Waals surface area contributed by atoms with Crippen molar-refractivity contribution < 1.29 is 9.59 Å². The van der Waals surface area contributed by atoms with E-state index in [0.29, 0.717) is 23.6 Å². The fourth-order valence-corrected chi connectivity index (χ4v) is 5.78. The lowest BCUT2D eigenvalue weighted by atomic mass is 10.1. The molecule has 6 heteroatoms. The van der Waals surface area contributed by atoms with Crippen molar-refractivity contribution in [1.82, 2.24) is 10.2 Å². The third-order valence-corrected chi connectivity index (χ3v) is 7.70. The van der Waals surface area contributed by atoms with Crippen LogP contribution in [0.5, 0.6) is 0 Å². The molecule has 0 saturated carbocycles. The average Bonchev–Trinajstić information content (AvgIpc) is 3.40. The molecule has 184 valence electrons. The molecule has 0 aliphatic carbocycles. The van der Waals surface area contributed by atoms with Crippen molar-refractivity contribution in [2.45, 2.75) is 31.2 Å². The molecule has 0 radical (unpaired) electrons. The SMILES string of the molecule is Cc1cccc(CN2C(=O)C(=Cc3ccccc3)Sc3ccc(C(=O)NCCN4CCCC4)cc32)c1. The van der Waals surface area contributed by atoms with Gasteiger partial charge in [-0.1, -0.05) is 71.9 Å². The molecule has 5 nitrogen and oxygen atoms in total. The van der Waals surface area contributed by atoms with Crippen molar-refractivity contribution in [3.63, 3.8) is 0 Å². The van der Waals surface area contributed by atoms with Crippen LogP contribution in [0.2, 0.25) is 0 Å². The maximum absolute atomic E-state index is 13.7. The third kappa shape index (κ3) is 5.72. The fourth-order valence-electron chi connectivity index (χ4n) is 4.74. The maximum atomic E-state index is 13.7. The van der Waals surface area contributed by atoms with Crippen LogP contribution in [0.15, 0.2) is 82.6 Å². The summed E-state index contributed by atoms with van der Waals surface area (Å²) in [4.78, 5) is 32.5. The Balaban J connectivity index is 1.42. The van der Waals surface area contributed by atoms with Gasteiger partial charge in [-0.15, -0.1) is 0 Å². The molecule has 0 atom stereocenters. The number of nitrogens with zero attached hydrogens (tertiary/aromatic N) is 2. The molecule has 3 aromatic rings. The summed E-state index contributed by atoms with van der Waals surface area (Å²) in [6, 6.07) is 23.8. The number of rotatable bonds is 7. The molecule has 5 rings (SSSR count). The summed E-state index contributed by atoms with van der Waals surface area (Å²) in [5.74, 6) is -0.153. The molecule has 0 unspecified atom stereocenters. The minimum Gasteiger partial charge on any atom is -0.351 e. The van der Waals surface area contributed by atoms with Crippen LogP contribution in [0.3, 0.4) is 0 Å². The summed E-state index contributed by atoms with van der Waals surface area (Å²) < 4.78 is 0. The van der Waals surface area contributed by atoms with E-state index in [1.54, 1.807) is 4.90 Å². The van der Waals surface area contributed by atoms with Gasteiger partial charge in [-0.2, -0.15) is 0 Å². The van der Waals surface area contributed by atoms with E-state index in [-0.39, 0.29) is 11.8 Å². The number of thioether (sulfide) groups is 1. The van der Waals surface area contributed by atoms with Crippen molar-refractivity contribution >= 4 is 35.3 Å². The Kier molecular flexibility index (Phi) is 7.54. The van der Waals surface area contributed by atoms with E-state index in [1.165, 1.54) is 24.6 Å². The second-order valence-electron chi connectivity index (χ2n) is 9.39. The summed E-state index contributed by atoms with van der Waals surface area (Å²) >= 11 is 1.46. The van der Waals surface area contributed by atoms with Gasteiger partial charge in [0, 0.05) is 23.5 Å². The number of carbonyl (C=O) groups is 2. The zero-order valence-corrected chi connectivity index (χ0v) is 21.4. The van der Waals surface area contributed by atoms with E-state index < -0.39 is 0 Å². The van der Waals surface area contributed by atoms with Gasteiger partial charge in [-0.25, -0.2) is 0 Å². The van der Waals surface area contributed by atoms with Crippen molar-refractivity contribution in [1.29, 1.82) is 0 Å². The van der Waals surface area contributed by atoms with Crippen molar-refractivity contribution in [2.24, 2.45) is 0 Å². The van der Waals surface area contributed by atoms with Gasteiger partial charge in [-0.3, -0.25) is 9.59 Å². The highest BCUT2D eigenvalue weighted by Crippen LogP contribution is 2.43. The monoisotopic (exact) mass is 497 g/mol. The number of amides is 2. The molecule has 0 aromatic heterocycles. The summed E-state index contributed by atoms with van der Waals surface area (Å²) in [5.41, 5.74) is 4.55. The van der Waals surface area contributed by atoms with Crippen molar-refractivity contribution in [3.8, 4) is 0 Å². The average molecular weight is 498 g/mol. The summed E-state index contributed by atoms with van der Waals surface area (Å²) in [6.45, 7) is 6.22. The number of hydrogen-bond acceptors (Lipinski definition) is 4. The fraction of sp³-hybridized carbons (Fsp3) is 0.267. The lowest BCUT2D eigenvalue weighted by Gasteiger charge is -2.31. The van der Waals surface area contributed by atoms with E-state index in [9.17, 15) is 9.59 Å². The third-order valence-electron chi connectivity index (χ3n) is 6.62. The van der Waals surface area contributed by atoms with Gasteiger partial charge in [0.15, 0.2) is 0 Å². The normalized spacial score (nSPS) is 16.9. The second-order valence-corrected chi connectivity index (χ2v) is 10.5. The number of anilines is 1. The Morgan fingerprint density at radius 2 is 1.81 bits per heavy atom.